The number of rotatable bonds is 5. The van der Waals surface area contributed by atoms with Crippen molar-refractivity contribution in [1.29, 1.82) is 0 Å². The number of carbonyl (C=O) groups is 1. The summed E-state index contributed by atoms with van der Waals surface area (Å²) in [5, 5.41) is 12.2. The summed E-state index contributed by atoms with van der Waals surface area (Å²) in [6.45, 7) is 4.15. The summed E-state index contributed by atoms with van der Waals surface area (Å²) in [4.78, 5) is 9.31. The number of carbonyl (C=O) groups excluding carboxylic acids is 1. The van der Waals surface area contributed by atoms with Gasteiger partial charge in [-0.2, -0.15) is 0 Å². The molecule has 8 heteroatoms. The molecule has 0 bridgehead atoms. The zero-order valence-corrected chi connectivity index (χ0v) is 16.9. The second-order valence-corrected chi connectivity index (χ2v) is 6.67. The molecule has 0 aromatic heterocycles. The van der Waals surface area contributed by atoms with Crippen molar-refractivity contribution in [3.8, 4) is 11.5 Å². The maximum Gasteiger partial charge on any atom is 0.223 e. The summed E-state index contributed by atoms with van der Waals surface area (Å²) in [5.74, 6) is 11.6. The number of amides is 1. The molecule has 0 atom stereocenters. The van der Waals surface area contributed by atoms with E-state index in [1.54, 1.807) is 18.1 Å². The van der Waals surface area contributed by atoms with Crippen LogP contribution in [0, 0.1) is 13.8 Å². The SMILES string of the molecule is CN(N)C=O.Cc1cc(OCc2c(Br)cccc2N(C)N)c(C)cc1O. The third-order valence-electron chi connectivity index (χ3n) is 3.51. The van der Waals surface area contributed by atoms with Crippen LogP contribution < -0.4 is 21.4 Å². The van der Waals surface area contributed by atoms with Crippen LogP contribution in [0.2, 0.25) is 0 Å². The van der Waals surface area contributed by atoms with E-state index in [4.69, 9.17) is 16.4 Å². The molecule has 0 radical (unpaired) electrons. The Labute approximate surface area is 162 Å². The normalized spacial score (nSPS) is 9.81. The highest BCUT2D eigenvalue weighted by Gasteiger charge is 2.11. The first-order valence-electron chi connectivity index (χ1n) is 7.79. The Hall–Kier alpha value is -2.29. The summed E-state index contributed by atoms with van der Waals surface area (Å²) in [6.07, 6.45) is 0.528. The van der Waals surface area contributed by atoms with Gasteiger partial charge >= 0.3 is 0 Å². The number of phenols is 1. The molecule has 2 aromatic rings. The number of hydrazine groups is 2. The molecule has 2 aromatic carbocycles. The predicted octanol–water partition coefficient (Wildman–Crippen LogP) is 2.61. The van der Waals surface area contributed by atoms with Crippen molar-refractivity contribution in [3.05, 3.63) is 51.5 Å². The lowest BCUT2D eigenvalue weighted by atomic mass is 10.1. The quantitative estimate of drug-likeness (QED) is 0.294. The van der Waals surface area contributed by atoms with Gasteiger partial charge in [-0.15, -0.1) is 0 Å². The number of aromatic hydroxyl groups is 1. The van der Waals surface area contributed by atoms with E-state index in [1.807, 2.05) is 38.1 Å². The minimum absolute atomic E-state index is 0.281. The Kier molecular flexibility index (Phi) is 8.37. The summed E-state index contributed by atoms with van der Waals surface area (Å²) in [7, 11) is 3.26. The molecule has 0 aliphatic heterocycles. The number of phenolic OH excluding ortho intramolecular Hbond substituents is 1. The van der Waals surface area contributed by atoms with Crippen molar-refractivity contribution in [2.24, 2.45) is 11.7 Å². The molecule has 0 fully saturated rings. The highest BCUT2D eigenvalue weighted by Crippen LogP contribution is 2.30. The summed E-state index contributed by atoms with van der Waals surface area (Å²) < 4.78 is 6.86. The number of halogens is 1. The highest BCUT2D eigenvalue weighted by molar-refractivity contribution is 9.10. The standard InChI is InChI=1S/C16H19BrN2O2.C2H6N2O/c1-10-8-16(11(2)7-15(10)20)21-9-12-13(17)5-4-6-14(12)19(3)18;1-4(3)2-5/h4-8,20H,9,18H2,1-3H3;2H,3H2,1H3. The van der Waals surface area contributed by atoms with E-state index in [9.17, 15) is 9.90 Å². The van der Waals surface area contributed by atoms with E-state index in [0.29, 0.717) is 13.0 Å². The van der Waals surface area contributed by atoms with E-state index in [0.717, 1.165) is 37.6 Å². The molecule has 7 nitrogen and oxygen atoms in total. The monoisotopic (exact) mass is 424 g/mol. The fraction of sp³-hybridized carbons (Fsp3) is 0.278. The topological polar surface area (TPSA) is 105 Å². The molecule has 0 aliphatic rings. The molecule has 0 spiro atoms. The van der Waals surface area contributed by atoms with Gasteiger partial charge in [-0.3, -0.25) is 9.80 Å². The number of nitrogens with two attached hydrogens (primary N) is 2. The third-order valence-corrected chi connectivity index (χ3v) is 4.25. The minimum Gasteiger partial charge on any atom is -0.508 e. The van der Waals surface area contributed by atoms with Crippen molar-refractivity contribution >= 4 is 28.0 Å². The van der Waals surface area contributed by atoms with E-state index in [2.05, 4.69) is 15.9 Å². The number of benzene rings is 2. The zero-order valence-electron chi connectivity index (χ0n) is 15.4. The van der Waals surface area contributed by atoms with Crippen LogP contribution in [0.5, 0.6) is 11.5 Å². The van der Waals surface area contributed by atoms with Crippen molar-refractivity contribution in [3.63, 3.8) is 0 Å². The average molecular weight is 425 g/mol. The lowest BCUT2D eigenvalue weighted by Gasteiger charge is -2.19. The number of ether oxygens (including phenoxy) is 1. The van der Waals surface area contributed by atoms with Gasteiger partial charge in [0.15, 0.2) is 0 Å². The fourth-order valence-electron chi connectivity index (χ4n) is 2.10. The van der Waals surface area contributed by atoms with Gasteiger partial charge in [0.05, 0.1) is 5.69 Å². The van der Waals surface area contributed by atoms with Crippen LogP contribution in [0.15, 0.2) is 34.8 Å². The largest absolute Gasteiger partial charge is 0.508 e. The first-order valence-corrected chi connectivity index (χ1v) is 8.58. The molecule has 0 saturated heterocycles. The second kappa shape index (κ2) is 10.0. The molecule has 26 heavy (non-hydrogen) atoms. The van der Waals surface area contributed by atoms with Gasteiger partial charge in [0.2, 0.25) is 6.41 Å². The van der Waals surface area contributed by atoms with Crippen LogP contribution >= 0.6 is 15.9 Å². The van der Waals surface area contributed by atoms with Crippen molar-refractivity contribution in [1.82, 2.24) is 5.01 Å². The molecule has 0 heterocycles. The summed E-state index contributed by atoms with van der Waals surface area (Å²) >= 11 is 3.53. The van der Waals surface area contributed by atoms with Crippen LogP contribution in [0.3, 0.4) is 0 Å². The molecule has 5 N–H and O–H groups in total. The van der Waals surface area contributed by atoms with E-state index < -0.39 is 0 Å². The molecule has 1 amide bonds. The van der Waals surface area contributed by atoms with Crippen molar-refractivity contribution in [2.45, 2.75) is 20.5 Å². The Balaban J connectivity index is 0.000000597. The Morgan fingerprint density at radius 3 is 2.35 bits per heavy atom. The van der Waals surface area contributed by atoms with Gasteiger partial charge in [0.1, 0.15) is 18.1 Å². The summed E-state index contributed by atoms with van der Waals surface area (Å²) in [5.41, 5.74) is 3.57. The molecule has 0 unspecified atom stereocenters. The van der Waals surface area contributed by atoms with Crippen molar-refractivity contribution in [2.75, 3.05) is 19.1 Å². The molecular formula is C18H25BrN4O3. The first kappa shape index (κ1) is 21.8. The number of anilines is 1. The smallest absolute Gasteiger partial charge is 0.223 e. The van der Waals surface area contributed by atoms with Crippen LogP contribution in [-0.2, 0) is 11.4 Å². The number of hydrogen-bond donors (Lipinski definition) is 3. The molecule has 0 saturated carbocycles. The van der Waals surface area contributed by atoms with Gasteiger partial charge in [-0.1, -0.05) is 22.0 Å². The maximum atomic E-state index is 9.68. The lowest BCUT2D eigenvalue weighted by Crippen LogP contribution is -2.26. The first-order chi connectivity index (χ1) is 12.2. The average Bonchev–Trinajstić information content (AvgIpc) is 2.58. The highest BCUT2D eigenvalue weighted by atomic mass is 79.9. The predicted molar refractivity (Wildman–Crippen MR) is 107 cm³/mol. The zero-order chi connectivity index (χ0) is 19.9. The fourth-order valence-corrected chi connectivity index (χ4v) is 2.57. The molecule has 142 valence electrons. The van der Waals surface area contributed by atoms with E-state index in [-0.39, 0.29) is 5.75 Å². The van der Waals surface area contributed by atoms with Gasteiger partial charge < -0.3 is 14.9 Å². The number of hydrogen-bond acceptors (Lipinski definition) is 6. The Morgan fingerprint density at radius 2 is 1.81 bits per heavy atom. The van der Waals surface area contributed by atoms with Crippen LogP contribution in [0.25, 0.3) is 0 Å². The second-order valence-electron chi connectivity index (χ2n) is 5.81. The van der Waals surface area contributed by atoms with Gasteiger partial charge in [-0.05, 0) is 49.2 Å². The Morgan fingerprint density at radius 1 is 1.19 bits per heavy atom. The van der Waals surface area contributed by atoms with E-state index >= 15 is 0 Å². The molecular weight excluding hydrogens is 400 g/mol. The minimum atomic E-state index is 0.281. The Bertz CT molecular complexity index is 751. The van der Waals surface area contributed by atoms with Crippen LogP contribution in [0.4, 0.5) is 5.69 Å². The van der Waals surface area contributed by atoms with Gasteiger partial charge in [-0.25, -0.2) is 11.7 Å². The molecule has 0 aliphatic carbocycles. The number of aryl methyl sites for hydroxylation is 2. The third kappa shape index (κ3) is 6.21. The van der Waals surface area contributed by atoms with E-state index in [1.165, 1.54) is 7.05 Å². The van der Waals surface area contributed by atoms with Crippen LogP contribution in [0.1, 0.15) is 16.7 Å². The van der Waals surface area contributed by atoms with Crippen molar-refractivity contribution < 1.29 is 14.6 Å². The summed E-state index contributed by atoms with van der Waals surface area (Å²) in [6, 6.07) is 9.38. The lowest BCUT2D eigenvalue weighted by molar-refractivity contribution is -0.117. The molecule has 2 rings (SSSR count). The van der Waals surface area contributed by atoms with Crippen LogP contribution in [-0.4, -0.2) is 30.6 Å². The van der Waals surface area contributed by atoms with Gasteiger partial charge in [0, 0.05) is 24.1 Å². The maximum absolute atomic E-state index is 9.68. The number of nitrogens with zero attached hydrogens (tertiary/aromatic N) is 2. The van der Waals surface area contributed by atoms with Gasteiger partial charge in [0.25, 0.3) is 0 Å².